The normalized spacial score (nSPS) is 20.4. The van der Waals surface area contributed by atoms with Crippen LogP contribution in [-0.4, -0.2) is 57.0 Å². The summed E-state index contributed by atoms with van der Waals surface area (Å²) < 4.78 is 38.3. The van der Waals surface area contributed by atoms with Crippen LogP contribution < -0.4 is 5.32 Å². The number of alkyl halides is 3. The summed E-state index contributed by atoms with van der Waals surface area (Å²) in [5.41, 5.74) is 0.138. The topological polar surface area (TPSA) is 98.6 Å². The van der Waals surface area contributed by atoms with Crippen molar-refractivity contribution in [2.24, 2.45) is 0 Å². The van der Waals surface area contributed by atoms with Crippen molar-refractivity contribution in [3.63, 3.8) is 0 Å². The van der Waals surface area contributed by atoms with E-state index in [1.54, 1.807) is 24.9 Å². The predicted molar refractivity (Wildman–Crippen MR) is 99.6 cm³/mol. The van der Waals surface area contributed by atoms with E-state index in [4.69, 9.17) is 0 Å². The van der Waals surface area contributed by atoms with E-state index in [2.05, 4.69) is 15.5 Å². The average molecular weight is 410 g/mol. The molecule has 1 aliphatic heterocycles. The SMILES string of the molecule is Cc1cc(NC2CCC(C(=O)O)N(C)C2)nnc1-c1ccc(C(F)(F)F)cc1O. The Hall–Kier alpha value is -2.88. The second-order valence-electron chi connectivity index (χ2n) is 7.20. The van der Waals surface area contributed by atoms with E-state index in [0.29, 0.717) is 36.8 Å². The molecule has 2 unspecified atom stereocenters. The van der Waals surface area contributed by atoms with E-state index in [-0.39, 0.29) is 17.3 Å². The predicted octanol–water partition coefficient (Wildman–Crippen LogP) is 3.14. The number of likely N-dealkylation sites (N-methyl/N-ethyl adjacent to an activating group) is 1. The lowest BCUT2D eigenvalue weighted by Gasteiger charge is -2.35. The van der Waals surface area contributed by atoms with Crippen LogP contribution in [0.2, 0.25) is 0 Å². The minimum Gasteiger partial charge on any atom is -0.507 e. The van der Waals surface area contributed by atoms with E-state index < -0.39 is 29.5 Å². The van der Waals surface area contributed by atoms with Crippen molar-refractivity contribution >= 4 is 11.8 Å². The molecule has 156 valence electrons. The molecular formula is C19H21F3N4O3. The molecule has 3 N–H and O–H groups in total. The number of phenols is 1. The van der Waals surface area contributed by atoms with Crippen LogP contribution in [0.25, 0.3) is 11.3 Å². The molecule has 1 saturated heterocycles. The summed E-state index contributed by atoms with van der Waals surface area (Å²) in [5.74, 6) is -0.890. The number of hydrogen-bond acceptors (Lipinski definition) is 6. The van der Waals surface area contributed by atoms with Crippen molar-refractivity contribution in [3.8, 4) is 17.0 Å². The molecule has 2 heterocycles. The van der Waals surface area contributed by atoms with Crippen molar-refractivity contribution in [2.75, 3.05) is 18.9 Å². The van der Waals surface area contributed by atoms with Crippen LogP contribution in [0, 0.1) is 6.92 Å². The van der Waals surface area contributed by atoms with Gasteiger partial charge < -0.3 is 15.5 Å². The van der Waals surface area contributed by atoms with Crippen molar-refractivity contribution in [3.05, 3.63) is 35.4 Å². The third-order valence-corrected chi connectivity index (χ3v) is 5.03. The minimum absolute atomic E-state index is 0.00498. The monoisotopic (exact) mass is 410 g/mol. The maximum atomic E-state index is 12.8. The Labute approximate surface area is 165 Å². The van der Waals surface area contributed by atoms with Crippen LogP contribution in [0.3, 0.4) is 0 Å². The van der Waals surface area contributed by atoms with Gasteiger partial charge in [-0.15, -0.1) is 10.2 Å². The number of aromatic hydroxyl groups is 1. The second kappa shape index (κ2) is 7.86. The number of piperidine rings is 1. The number of nitrogens with one attached hydrogen (secondary N) is 1. The molecule has 7 nitrogen and oxygen atoms in total. The second-order valence-corrected chi connectivity index (χ2v) is 7.20. The number of carboxylic acids is 1. The molecule has 29 heavy (non-hydrogen) atoms. The fraction of sp³-hybridized carbons (Fsp3) is 0.421. The molecule has 10 heteroatoms. The minimum atomic E-state index is -4.54. The lowest BCUT2D eigenvalue weighted by atomic mass is 9.99. The first-order chi connectivity index (χ1) is 13.6. The number of phenolic OH excluding ortho intramolecular Hbond substituents is 1. The smallest absolute Gasteiger partial charge is 0.416 e. The summed E-state index contributed by atoms with van der Waals surface area (Å²) in [6.07, 6.45) is -3.38. The number of benzene rings is 1. The van der Waals surface area contributed by atoms with Gasteiger partial charge in [-0.05, 0) is 56.6 Å². The Balaban J connectivity index is 1.75. The fourth-order valence-corrected chi connectivity index (χ4v) is 3.51. The van der Waals surface area contributed by atoms with Gasteiger partial charge in [-0.25, -0.2) is 0 Å². The molecule has 1 aliphatic rings. The number of nitrogens with zero attached hydrogens (tertiary/aromatic N) is 3. The zero-order valence-electron chi connectivity index (χ0n) is 15.9. The molecule has 0 spiro atoms. The molecule has 3 rings (SSSR count). The highest BCUT2D eigenvalue weighted by molar-refractivity contribution is 5.73. The third-order valence-electron chi connectivity index (χ3n) is 5.03. The van der Waals surface area contributed by atoms with Crippen molar-refractivity contribution in [1.82, 2.24) is 15.1 Å². The van der Waals surface area contributed by atoms with Crippen LogP contribution >= 0.6 is 0 Å². The number of aryl methyl sites for hydroxylation is 1. The van der Waals surface area contributed by atoms with E-state index in [0.717, 1.165) is 6.07 Å². The third kappa shape index (κ3) is 4.58. The molecule has 2 aromatic rings. The molecular weight excluding hydrogens is 389 g/mol. The van der Waals surface area contributed by atoms with Crippen molar-refractivity contribution in [1.29, 1.82) is 0 Å². The van der Waals surface area contributed by atoms with Gasteiger partial charge in [-0.3, -0.25) is 9.69 Å². The number of carbonyl (C=O) groups is 1. The quantitative estimate of drug-likeness (QED) is 0.712. The van der Waals surface area contributed by atoms with Gasteiger partial charge in [0.1, 0.15) is 17.6 Å². The summed E-state index contributed by atoms with van der Waals surface area (Å²) in [6.45, 7) is 2.25. The first-order valence-electron chi connectivity index (χ1n) is 9.00. The van der Waals surface area contributed by atoms with Gasteiger partial charge in [0.15, 0.2) is 0 Å². The van der Waals surface area contributed by atoms with Crippen LogP contribution in [0.4, 0.5) is 19.0 Å². The highest BCUT2D eigenvalue weighted by atomic mass is 19.4. The lowest BCUT2D eigenvalue weighted by Crippen LogP contribution is -2.49. The maximum Gasteiger partial charge on any atom is 0.416 e. The van der Waals surface area contributed by atoms with Gasteiger partial charge in [0, 0.05) is 18.2 Å². The number of halogens is 3. The number of aromatic nitrogens is 2. The number of aliphatic carboxylic acids is 1. The van der Waals surface area contributed by atoms with Gasteiger partial charge in [-0.1, -0.05) is 0 Å². The Morgan fingerprint density at radius 2 is 1.97 bits per heavy atom. The Morgan fingerprint density at radius 1 is 1.24 bits per heavy atom. The highest BCUT2D eigenvalue weighted by Gasteiger charge is 2.32. The summed E-state index contributed by atoms with van der Waals surface area (Å²) in [6, 6.07) is 3.91. The van der Waals surface area contributed by atoms with Crippen LogP contribution in [0.15, 0.2) is 24.3 Å². The van der Waals surface area contributed by atoms with Gasteiger partial charge in [-0.2, -0.15) is 13.2 Å². The van der Waals surface area contributed by atoms with Gasteiger partial charge >= 0.3 is 12.1 Å². The Morgan fingerprint density at radius 3 is 2.52 bits per heavy atom. The lowest BCUT2D eigenvalue weighted by molar-refractivity contribution is -0.144. The average Bonchev–Trinajstić information content (AvgIpc) is 2.61. The molecule has 0 aliphatic carbocycles. The summed E-state index contributed by atoms with van der Waals surface area (Å²) in [5, 5.41) is 30.6. The van der Waals surface area contributed by atoms with E-state index in [1.807, 2.05) is 0 Å². The summed E-state index contributed by atoms with van der Waals surface area (Å²) in [7, 11) is 1.75. The van der Waals surface area contributed by atoms with E-state index in [9.17, 15) is 28.2 Å². The van der Waals surface area contributed by atoms with E-state index >= 15 is 0 Å². The zero-order chi connectivity index (χ0) is 21.3. The molecule has 1 fully saturated rings. The zero-order valence-corrected chi connectivity index (χ0v) is 15.9. The Kier molecular flexibility index (Phi) is 5.65. The Bertz CT molecular complexity index is 920. The molecule has 0 bridgehead atoms. The number of carboxylic acid groups (broad SMARTS) is 1. The van der Waals surface area contributed by atoms with Crippen LogP contribution in [0.5, 0.6) is 5.75 Å². The number of likely N-dealkylation sites (tertiary alicyclic amines) is 1. The molecule has 2 atom stereocenters. The van der Waals surface area contributed by atoms with Crippen LogP contribution in [0.1, 0.15) is 24.0 Å². The fourth-order valence-electron chi connectivity index (χ4n) is 3.51. The molecule has 0 radical (unpaired) electrons. The molecule has 1 aromatic carbocycles. The summed E-state index contributed by atoms with van der Waals surface area (Å²) in [4.78, 5) is 12.9. The highest BCUT2D eigenvalue weighted by Crippen LogP contribution is 2.36. The molecule has 0 amide bonds. The van der Waals surface area contributed by atoms with Crippen molar-refractivity contribution in [2.45, 2.75) is 38.0 Å². The largest absolute Gasteiger partial charge is 0.507 e. The molecule has 0 saturated carbocycles. The van der Waals surface area contributed by atoms with E-state index in [1.165, 1.54) is 6.07 Å². The van der Waals surface area contributed by atoms with Gasteiger partial charge in [0.05, 0.1) is 11.3 Å². The number of anilines is 1. The first-order valence-corrected chi connectivity index (χ1v) is 9.00. The van der Waals surface area contributed by atoms with Gasteiger partial charge in [0.2, 0.25) is 0 Å². The van der Waals surface area contributed by atoms with Gasteiger partial charge in [0.25, 0.3) is 0 Å². The number of hydrogen-bond donors (Lipinski definition) is 3. The maximum absolute atomic E-state index is 12.8. The van der Waals surface area contributed by atoms with Crippen molar-refractivity contribution < 1.29 is 28.2 Å². The first kappa shape index (κ1) is 20.8. The standard InChI is InChI=1S/C19H21F3N4O3/c1-10-7-16(23-12-4-6-14(18(28)29)26(2)9-12)24-25-17(10)13-5-3-11(8-15(13)27)19(20,21)22/h3,5,7-8,12,14,27H,4,6,9H2,1-2H3,(H,23,24)(H,28,29). The number of rotatable bonds is 4. The van der Waals surface area contributed by atoms with Crippen LogP contribution in [-0.2, 0) is 11.0 Å². The summed E-state index contributed by atoms with van der Waals surface area (Å²) >= 11 is 0. The molecule has 1 aromatic heterocycles.